The zero-order valence-corrected chi connectivity index (χ0v) is 18.1. The Labute approximate surface area is 185 Å². The zero-order valence-electron chi connectivity index (χ0n) is 17.3. The number of anilines is 1. The van der Waals surface area contributed by atoms with Crippen LogP contribution in [0.15, 0.2) is 70.9 Å². The molecule has 0 radical (unpaired) electrons. The van der Waals surface area contributed by atoms with E-state index in [1.165, 1.54) is 0 Å². The van der Waals surface area contributed by atoms with Gasteiger partial charge in [-0.3, -0.25) is 4.79 Å². The molecule has 2 aromatic carbocycles. The van der Waals surface area contributed by atoms with E-state index in [1.807, 2.05) is 36.4 Å². The topological polar surface area (TPSA) is 84.5 Å². The number of carbonyl (C=O) groups is 1. The van der Waals surface area contributed by atoms with Crippen LogP contribution in [-0.2, 0) is 16.3 Å². The van der Waals surface area contributed by atoms with Gasteiger partial charge in [0.2, 0.25) is 0 Å². The fourth-order valence-electron chi connectivity index (χ4n) is 2.85. The Bertz CT molecular complexity index is 1080. The van der Waals surface area contributed by atoms with Crippen molar-refractivity contribution in [3.8, 4) is 17.6 Å². The molecule has 0 spiro atoms. The van der Waals surface area contributed by atoms with Crippen molar-refractivity contribution in [1.29, 1.82) is 5.26 Å². The number of nitrogens with one attached hydrogen (secondary N) is 1. The summed E-state index contributed by atoms with van der Waals surface area (Å²) in [5.41, 5.74) is 2.31. The van der Waals surface area contributed by atoms with Crippen molar-refractivity contribution < 1.29 is 18.7 Å². The minimum atomic E-state index is -0.475. The molecule has 0 bridgehead atoms. The van der Waals surface area contributed by atoms with Crippen molar-refractivity contribution in [1.82, 2.24) is 0 Å². The number of nitrogens with zero attached hydrogens (tertiary/aromatic N) is 1. The second kappa shape index (κ2) is 11.0. The lowest BCUT2D eigenvalue weighted by Gasteiger charge is -2.10. The molecule has 0 saturated heterocycles. The maximum atomic E-state index is 12.5. The number of ether oxygens (including phenoxy) is 2. The standard InChI is InChI=1S/C24H22N2O4S/c1-28-21-8-6-20(7-9-21)26-24(27)18(14-25)12-17-5-10-23(29-2)19(13-17)15-31-16-22-4-3-11-30-22/h3-13H,15-16H2,1-2H3,(H,26,27)/b18-12+. The van der Waals surface area contributed by atoms with Crippen LogP contribution < -0.4 is 14.8 Å². The third kappa shape index (κ3) is 6.17. The monoisotopic (exact) mass is 434 g/mol. The molecule has 0 atom stereocenters. The van der Waals surface area contributed by atoms with E-state index in [2.05, 4.69) is 5.32 Å². The van der Waals surface area contributed by atoms with Crippen molar-refractivity contribution in [2.45, 2.75) is 11.5 Å². The van der Waals surface area contributed by atoms with Crippen LogP contribution in [0.2, 0.25) is 0 Å². The van der Waals surface area contributed by atoms with Crippen LogP contribution in [0.25, 0.3) is 6.08 Å². The van der Waals surface area contributed by atoms with Gasteiger partial charge >= 0.3 is 0 Å². The molecule has 0 aliphatic carbocycles. The quantitative estimate of drug-likeness (QED) is 0.365. The number of hydrogen-bond acceptors (Lipinski definition) is 6. The summed E-state index contributed by atoms with van der Waals surface area (Å²) in [7, 11) is 3.19. The van der Waals surface area contributed by atoms with E-state index in [1.54, 1.807) is 62.6 Å². The molecular formula is C24H22N2O4S. The molecule has 1 aromatic heterocycles. The minimum absolute atomic E-state index is 0.00942. The molecule has 6 nitrogen and oxygen atoms in total. The molecule has 31 heavy (non-hydrogen) atoms. The average Bonchev–Trinajstić information content (AvgIpc) is 3.31. The third-order valence-electron chi connectivity index (χ3n) is 4.41. The van der Waals surface area contributed by atoms with Crippen molar-refractivity contribution >= 4 is 29.4 Å². The fraction of sp³-hybridized carbons (Fsp3) is 0.167. The number of amides is 1. The summed E-state index contributed by atoms with van der Waals surface area (Å²) >= 11 is 1.69. The highest BCUT2D eigenvalue weighted by molar-refractivity contribution is 7.97. The number of furan rings is 1. The Morgan fingerprint density at radius 3 is 2.58 bits per heavy atom. The van der Waals surface area contributed by atoms with Gasteiger partial charge in [0, 0.05) is 17.0 Å². The van der Waals surface area contributed by atoms with Gasteiger partial charge in [-0.25, -0.2) is 0 Å². The van der Waals surface area contributed by atoms with E-state index < -0.39 is 5.91 Å². The molecule has 0 aliphatic rings. The van der Waals surface area contributed by atoms with Gasteiger partial charge in [0.15, 0.2) is 0 Å². The molecule has 158 valence electrons. The van der Waals surface area contributed by atoms with Crippen molar-refractivity contribution in [3.05, 3.63) is 83.3 Å². The number of carbonyl (C=O) groups excluding carboxylic acids is 1. The highest BCUT2D eigenvalue weighted by atomic mass is 32.2. The Balaban J connectivity index is 1.72. The Kier molecular flexibility index (Phi) is 7.79. The van der Waals surface area contributed by atoms with Gasteiger partial charge in [-0.2, -0.15) is 5.26 Å². The highest BCUT2D eigenvalue weighted by Crippen LogP contribution is 2.27. The van der Waals surface area contributed by atoms with Crippen LogP contribution >= 0.6 is 11.8 Å². The van der Waals surface area contributed by atoms with Crippen LogP contribution in [0.4, 0.5) is 5.69 Å². The molecule has 1 N–H and O–H groups in total. The summed E-state index contributed by atoms with van der Waals surface area (Å²) < 4.78 is 15.9. The Morgan fingerprint density at radius 2 is 1.94 bits per heavy atom. The van der Waals surface area contributed by atoms with E-state index in [4.69, 9.17) is 13.9 Å². The smallest absolute Gasteiger partial charge is 0.266 e. The first-order valence-corrected chi connectivity index (χ1v) is 10.6. The predicted molar refractivity (Wildman–Crippen MR) is 122 cm³/mol. The molecule has 1 amide bonds. The summed E-state index contributed by atoms with van der Waals surface area (Å²) in [5.74, 6) is 3.31. The molecule has 3 aromatic rings. The van der Waals surface area contributed by atoms with Gasteiger partial charge in [-0.15, -0.1) is 11.8 Å². The summed E-state index contributed by atoms with van der Waals surface area (Å²) in [4.78, 5) is 12.5. The van der Waals surface area contributed by atoms with E-state index in [-0.39, 0.29) is 5.57 Å². The third-order valence-corrected chi connectivity index (χ3v) is 5.41. The summed E-state index contributed by atoms with van der Waals surface area (Å²) in [6, 6.07) is 18.3. The number of rotatable bonds is 9. The second-order valence-corrected chi connectivity index (χ2v) is 7.48. The van der Waals surface area contributed by atoms with Crippen LogP contribution in [0, 0.1) is 11.3 Å². The number of nitriles is 1. The van der Waals surface area contributed by atoms with Crippen molar-refractivity contribution in [3.63, 3.8) is 0 Å². The Hall–Kier alpha value is -3.63. The molecule has 0 unspecified atom stereocenters. The van der Waals surface area contributed by atoms with Crippen LogP contribution in [0.5, 0.6) is 11.5 Å². The first-order valence-electron chi connectivity index (χ1n) is 9.47. The number of benzene rings is 2. The van der Waals surface area contributed by atoms with Gasteiger partial charge in [-0.1, -0.05) is 6.07 Å². The normalized spacial score (nSPS) is 10.9. The average molecular weight is 435 g/mol. The van der Waals surface area contributed by atoms with Crippen LogP contribution in [0.1, 0.15) is 16.9 Å². The molecule has 0 saturated carbocycles. The molecule has 0 fully saturated rings. The molecule has 3 rings (SSSR count). The maximum Gasteiger partial charge on any atom is 0.266 e. The lowest BCUT2D eigenvalue weighted by atomic mass is 10.1. The lowest BCUT2D eigenvalue weighted by molar-refractivity contribution is -0.112. The number of methoxy groups -OCH3 is 2. The molecule has 7 heteroatoms. The van der Waals surface area contributed by atoms with Crippen LogP contribution in [-0.4, -0.2) is 20.1 Å². The molecule has 1 heterocycles. The second-order valence-electron chi connectivity index (χ2n) is 6.50. The SMILES string of the molecule is COc1ccc(NC(=O)/C(C#N)=C/c2ccc(OC)c(CSCc3ccco3)c2)cc1. The first kappa shape index (κ1) is 22.1. The van der Waals surface area contributed by atoms with Gasteiger partial charge in [0.25, 0.3) is 5.91 Å². The van der Waals surface area contributed by atoms with E-state index in [0.29, 0.717) is 17.2 Å². The Morgan fingerprint density at radius 1 is 1.13 bits per heavy atom. The van der Waals surface area contributed by atoms with Crippen LogP contribution in [0.3, 0.4) is 0 Å². The first-order chi connectivity index (χ1) is 15.1. The van der Waals surface area contributed by atoms with Crippen molar-refractivity contribution in [2.75, 3.05) is 19.5 Å². The number of thioether (sulfide) groups is 1. The minimum Gasteiger partial charge on any atom is -0.497 e. The summed E-state index contributed by atoms with van der Waals surface area (Å²) in [6.07, 6.45) is 3.22. The summed E-state index contributed by atoms with van der Waals surface area (Å²) in [5, 5.41) is 12.2. The zero-order chi connectivity index (χ0) is 22.1. The van der Waals surface area contributed by atoms with Gasteiger partial charge in [0.05, 0.1) is 26.2 Å². The van der Waals surface area contributed by atoms with Gasteiger partial charge in [-0.05, 0) is 60.2 Å². The number of hydrogen-bond donors (Lipinski definition) is 1. The molecule has 0 aliphatic heterocycles. The van der Waals surface area contributed by atoms with E-state index >= 15 is 0 Å². The predicted octanol–water partition coefficient (Wildman–Crippen LogP) is 5.28. The van der Waals surface area contributed by atoms with E-state index in [0.717, 1.165) is 28.4 Å². The largest absolute Gasteiger partial charge is 0.497 e. The maximum absolute atomic E-state index is 12.5. The molecular weight excluding hydrogens is 412 g/mol. The summed E-state index contributed by atoms with van der Waals surface area (Å²) in [6.45, 7) is 0. The lowest BCUT2D eigenvalue weighted by Crippen LogP contribution is -2.13. The van der Waals surface area contributed by atoms with Gasteiger partial charge in [0.1, 0.15) is 28.9 Å². The highest BCUT2D eigenvalue weighted by Gasteiger charge is 2.11. The van der Waals surface area contributed by atoms with E-state index in [9.17, 15) is 10.1 Å². The van der Waals surface area contributed by atoms with Gasteiger partial charge < -0.3 is 19.2 Å². The fourth-order valence-corrected chi connectivity index (χ4v) is 3.76. The van der Waals surface area contributed by atoms with Crippen molar-refractivity contribution in [2.24, 2.45) is 0 Å².